The van der Waals surface area contributed by atoms with Crippen LogP contribution in [0.3, 0.4) is 0 Å². The van der Waals surface area contributed by atoms with Crippen LogP contribution in [0.1, 0.15) is 25.7 Å². The summed E-state index contributed by atoms with van der Waals surface area (Å²) in [6, 6.07) is 0. The molecule has 0 aromatic heterocycles. The van der Waals surface area contributed by atoms with Crippen LogP contribution in [0.15, 0.2) is 0 Å². The fourth-order valence-corrected chi connectivity index (χ4v) is 2.29. The molecule has 7 nitrogen and oxygen atoms in total. The summed E-state index contributed by atoms with van der Waals surface area (Å²) in [5.74, 6) is -0.388. The van der Waals surface area contributed by atoms with E-state index < -0.39 is 0 Å². The Balaban J connectivity index is 2.99. The second-order valence-corrected chi connectivity index (χ2v) is 6.26. The highest BCUT2D eigenvalue weighted by molar-refractivity contribution is 14.1. The van der Waals surface area contributed by atoms with Crippen LogP contribution in [-0.2, 0) is 33.2 Å². The molecule has 0 aromatic carbocycles. The number of carbonyl (C=O) groups is 1. The minimum Gasteiger partial charge on any atom is -0.467 e. The Hall–Kier alpha value is -0.000000000000000222. The van der Waals surface area contributed by atoms with Gasteiger partial charge in [-0.3, -0.25) is 0 Å². The summed E-state index contributed by atoms with van der Waals surface area (Å²) in [5.41, 5.74) is 0. The third-order valence-electron chi connectivity index (χ3n) is 3.11. The Morgan fingerprint density at radius 2 is 1.08 bits per heavy atom. The molecule has 0 spiro atoms. The highest BCUT2D eigenvalue weighted by atomic mass is 127. The highest BCUT2D eigenvalue weighted by Crippen LogP contribution is 2.02. The van der Waals surface area contributed by atoms with E-state index in [1.165, 1.54) is 30.8 Å². The van der Waals surface area contributed by atoms with Crippen LogP contribution in [-0.4, -0.2) is 83.6 Å². The van der Waals surface area contributed by atoms with E-state index in [1.54, 1.807) is 0 Å². The smallest absolute Gasteiger partial charge is 0.331 e. The predicted molar refractivity (Wildman–Crippen MR) is 103 cm³/mol. The number of rotatable bonds is 20. The number of methoxy groups -OCH3 is 1. The lowest BCUT2D eigenvalue weighted by atomic mass is 10.2. The van der Waals surface area contributed by atoms with Crippen molar-refractivity contribution >= 4 is 28.6 Å². The Kier molecular flexibility index (Phi) is 22.0. The number of ether oxygens (including phenoxy) is 6. The molecule has 0 atom stereocenters. The van der Waals surface area contributed by atoms with Crippen LogP contribution in [0, 0.1) is 0 Å². The standard InChI is InChI=1S/C17H33IO7/c1-20-17(19)16-25-15-14-24-13-12-23-11-10-22-9-8-21-7-5-3-2-4-6-18/h2-16H2,1H3. The van der Waals surface area contributed by atoms with Crippen LogP contribution >= 0.6 is 22.6 Å². The normalized spacial score (nSPS) is 11.0. The summed E-state index contributed by atoms with van der Waals surface area (Å²) < 4.78 is 32.3. The van der Waals surface area contributed by atoms with Gasteiger partial charge in [-0.1, -0.05) is 35.4 Å². The first-order valence-corrected chi connectivity index (χ1v) is 10.3. The summed E-state index contributed by atoms with van der Waals surface area (Å²) in [6.45, 7) is 4.89. The molecule has 0 saturated carbocycles. The molecule has 0 aliphatic rings. The van der Waals surface area contributed by atoms with Crippen molar-refractivity contribution in [3.05, 3.63) is 0 Å². The monoisotopic (exact) mass is 476 g/mol. The van der Waals surface area contributed by atoms with Gasteiger partial charge in [-0.05, 0) is 17.3 Å². The maximum absolute atomic E-state index is 10.8. The summed E-state index contributed by atoms with van der Waals surface area (Å²) in [4.78, 5) is 10.8. The molecular formula is C17H33IO7. The van der Waals surface area contributed by atoms with Crippen molar-refractivity contribution in [3.63, 3.8) is 0 Å². The van der Waals surface area contributed by atoms with Gasteiger partial charge in [0, 0.05) is 6.61 Å². The van der Waals surface area contributed by atoms with Gasteiger partial charge in [0.25, 0.3) is 0 Å². The van der Waals surface area contributed by atoms with Crippen molar-refractivity contribution in [2.45, 2.75) is 25.7 Å². The second-order valence-electron chi connectivity index (χ2n) is 5.18. The molecule has 0 saturated heterocycles. The van der Waals surface area contributed by atoms with Crippen molar-refractivity contribution in [2.24, 2.45) is 0 Å². The number of esters is 1. The molecule has 0 aliphatic carbocycles. The van der Waals surface area contributed by atoms with E-state index in [9.17, 15) is 4.79 Å². The molecule has 0 aliphatic heterocycles. The molecule has 0 fully saturated rings. The summed E-state index contributed by atoms with van der Waals surface area (Å²) in [7, 11) is 1.33. The SMILES string of the molecule is COC(=O)COCCOCCOCCOCCOCCCCCCI. The van der Waals surface area contributed by atoms with Gasteiger partial charge >= 0.3 is 5.97 Å². The minimum absolute atomic E-state index is 0.0456. The van der Waals surface area contributed by atoms with E-state index in [-0.39, 0.29) is 12.6 Å². The van der Waals surface area contributed by atoms with Gasteiger partial charge in [0.1, 0.15) is 6.61 Å². The van der Waals surface area contributed by atoms with Crippen LogP contribution in [0.5, 0.6) is 0 Å². The van der Waals surface area contributed by atoms with Gasteiger partial charge in [-0.25, -0.2) is 4.79 Å². The second kappa shape index (κ2) is 22.0. The molecule has 8 heteroatoms. The number of hydrogen-bond donors (Lipinski definition) is 0. The molecular weight excluding hydrogens is 443 g/mol. The molecule has 0 N–H and O–H groups in total. The zero-order valence-corrected chi connectivity index (χ0v) is 17.5. The minimum atomic E-state index is -0.388. The lowest BCUT2D eigenvalue weighted by Crippen LogP contribution is -2.15. The Labute approximate surface area is 165 Å². The maximum atomic E-state index is 10.8. The van der Waals surface area contributed by atoms with Gasteiger partial charge in [0.05, 0.1) is 60.0 Å². The quantitative estimate of drug-likeness (QED) is 0.116. The molecule has 0 heterocycles. The zero-order valence-electron chi connectivity index (χ0n) is 15.3. The number of hydrogen-bond acceptors (Lipinski definition) is 7. The topological polar surface area (TPSA) is 72.5 Å². The van der Waals surface area contributed by atoms with E-state index in [0.29, 0.717) is 52.9 Å². The van der Waals surface area contributed by atoms with Crippen LogP contribution in [0.2, 0.25) is 0 Å². The van der Waals surface area contributed by atoms with Crippen molar-refractivity contribution in [1.82, 2.24) is 0 Å². The Bertz CT molecular complexity index is 280. The van der Waals surface area contributed by atoms with Crippen LogP contribution < -0.4 is 0 Å². The van der Waals surface area contributed by atoms with Gasteiger partial charge in [0.15, 0.2) is 0 Å². The lowest BCUT2D eigenvalue weighted by Gasteiger charge is -2.07. The summed E-state index contributed by atoms with van der Waals surface area (Å²) in [5, 5.41) is 0. The summed E-state index contributed by atoms with van der Waals surface area (Å²) >= 11 is 2.41. The fourth-order valence-electron chi connectivity index (χ4n) is 1.75. The molecule has 0 rings (SSSR count). The largest absolute Gasteiger partial charge is 0.467 e. The van der Waals surface area contributed by atoms with Gasteiger partial charge < -0.3 is 28.4 Å². The van der Waals surface area contributed by atoms with Crippen molar-refractivity contribution in [3.8, 4) is 0 Å². The molecule has 150 valence electrons. The number of halogens is 1. The summed E-state index contributed by atoms with van der Waals surface area (Å²) in [6.07, 6.45) is 4.98. The van der Waals surface area contributed by atoms with E-state index in [0.717, 1.165) is 13.0 Å². The average molecular weight is 476 g/mol. The van der Waals surface area contributed by atoms with E-state index in [2.05, 4.69) is 27.3 Å². The lowest BCUT2D eigenvalue weighted by molar-refractivity contribution is -0.146. The van der Waals surface area contributed by atoms with Crippen molar-refractivity contribution in [2.75, 3.05) is 77.6 Å². The van der Waals surface area contributed by atoms with Crippen molar-refractivity contribution in [1.29, 1.82) is 0 Å². The molecule has 0 unspecified atom stereocenters. The number of alkyl halides is 1. The fraction of sp³-hybridized carbons (Fsp3) is 0.941. The van der Waals surface area contributed by atoms with E-state index >= 15 is 0 Å². The van der Waals surface area contributed by atoms with E-state index in [4.69, 9.17) is 23.7 Å². The first-order chi connectivity index (χ1) is 12.3. The average Bonchev–Trinajstić information content (AvgIpc) is 2.63. The van der Waals surface area contributed by atoms with Crippen LogP contribution in [0.4, 0.5) is 0 Å². The first-order valence-electron chi connectivity index (χ1n) is 8.82. The van der Waals surface area contributed by atoms with Gasteiger partial charge in [0.2, 0.25) is 0 Å². The van der Waals surface area contributed by atoms with Gasteiger partial charge in [-0.2, -0.15) is 0 Å². The number of unbranched alkanes of at least 4 members (excludes halogenated alkanes) is 3. The molecule has 0 radical (unpaired) electrons. The number of carbonyl (C=O) groups excluding carboxylic acids is 1. The molecule has 0 amide bonds. The van der Waals surface area contributed by atoms with Crippen LogP contribution in [0.25, 0.3) is 0 Å². The van der Waals surface area contributed by atoms with Gasteiger partial charge in [-0.15, -0.1) is 0 Å². The predicted octanol–water partition coefficient (Wildman–Crippen LogP) is 2.24. The third-order valence-corrected chi connectivity index (χ3v) is 3.87. The highest BCUT2D eigenvalue weighted by Gasteiger charge is 1.99. The first kappa shape index (κ1) is 25.0. The maximum Gasteiger partial charge on any atom is 0.331 e. The Morgan fingerprint density at radius 3 is 1.56 bits per heavy atom. The third kappa shape index (κ3) is 22.0. The van der Waals surface area contributed by atoms with Crippen molar-refractivity contribution < 1.29 is 33.2 Å². The van der Waals surface area contributed by atoms with E-state index in [1.807, 2.05) is 0 Å². The Morgan fingerprint density at radius 1 is 0.640 bits per heavy atom. The zero-order chi connectivity index (χ0) is 18.4. The molecule has 25 heavy (non-hydrogen) atoms. The molecule has 0 bridgehead atoms. The molecule has 0 aromatic rings.